The number of hydrogen-bond acceptors (Lipinski definition) is 2. The molecule has 0 amide bonds. The first kappa shape index (κ1) is 15.8. The van der Waals surface area contributed by atoms with Crippen molar-refractivity contribution in [2.24, 2.45) is 0 Å². The predicted octanol–water partition coefficient (Wildman–Crippen LogP) is 5.66. The molecule has 0 spiro atoms. The predicted molar refractivity (Wildman–Crippen MR) is 96.8 cm³/mol. The fourth-order valence-corrected chi connectivity index (χ4v) is 2.95. The zero-order chi connectivity index (χ0) is 16.4. The molecule has 3 rings (SSSR count). The van der Waals surface area contributed by atoms with E-state index < -0.39 is 0 Å². The van der Waals surface area contributed by atoms with Crippen LogP contribution in [0.4, 0.5) is 0 Å². The molecule has 0 fully saturated rings. The van der Waals surface area contributed by atoms with E-state index in [1.807, 2.05) is 36.4 Å². The van der Waals surface area contributed by atoms with Gasteiger partial charge in [-0.2, -0.15) is 0 Å². The number of hydrogen-bond donors (Lipinski definition) is 1. The van der Waals surface area contributed by atoms with Crippen molar-refractivity contribution in [3.8, 4) is 11.5 Å². The van der Waals surface area contributed by atoms with Gasteiger partial charge in [0.2, 0.25) is 0 Å². The van der Waals surface area contributed by atoms with Gasteiger partial charge in [0.25, 0.3) is 0 Å². The van der Waals surface area contributed by atoms with Gasteiger partial charge in [-0.1, -0.05) is 23.2 Å². The lowest BCUT2D eigenvalue weighted by atomic mass is 10.2. The summed E-state index contributed by atoms with van der Waals surface area (Å²) in [6.07, 6.45) is 3.82. The van der Waals surface area contributed by atoms with Gasteiger partial charge in [0, 0.05) is 22.2 Å². The summed E-state index contributed by atoms with van der Waals surface area (Å²) in [4.78, 5) is 3.33. The Hall–Kier alpha value is -2.10. The van der Waals surface area contributed by atoms with Crippen LogP contribution in [0.2, 0.25) is 10.0 Å². The number of nitrogens with one attached hydrogen (secondary N) is 1. The maximum absolute atomic E-state index is 6.26. The lowest BCUT2D eigenvalue weighted by molar-refractivity contribution is 0.415. The highest BCUT2D eigenvalue weighted by Gasteiger charge is 2.06. The van der Waals surface area contributed by atoms with Gasteiger partial charge in [-0.15, -0.1) is 0 Å². The quantitative estimate of drug-likeness (QED) is 0.660. The minimum absolute atomic E-state index is 0.545. The van der Waals surface area contributed by atoms with Crippen molar-refractivity contribution in [3.05, 3.63) is 57.7 Å². The molecular weight excluding hydrogens is 333 g/mol. The SMILES string of the molecule is COc1cc(Cl)c(/C=C/c2cc3cc(OC)ccc3[nH]2)c(Cl)c1. The van der Waals surface area contributed by atoms with Crippen molar-refractivity contribution in [1.29, 1.82) is 0 Å². The number of aromatic amines is 1. The molecule has 118 valence electrons. The van der Waals surface area contributed by atoms with Crippen LogP contribution in [-0.2, 0) is 0 Å². The molecule has 0 bridgehead atoms. The molecule has 0 saturated heterocycles. The molecule has 0 atom stereocenters. The van der Waals surface area contributed by atoms with Crippen molar-refractivity contribution < 1.29 is 9.47 Å². The number of rotatable bonds is 4. The van der Waals surface area contributed by atoms with Crippen molar-refractivity contribution in [2.45, 2.75) is 0 Å². The summed E-state index contributed by atoms with van der Waals surface area (Å²) in [5.74, 6) is 1.46. The normalized spacial score (nSPS) is 11.3. The van der Waals surface area contributed by atoms with Gasteiger partial charge >= 0.3 is 0 Å². The second kappa shape index (κ2) is 6.57. The molecule has 0 unspecified atom stereocenters. The first-order chi connectivity index (χ1) is 11.1. The Balaban J connectivity index is 1.94. The summed E-state index contributed by atoms with van der Waals surface area (Å²) in [6, 6.07) is 11.4. The minimum Gasteiger partial charge on any atom is -0.497 e. The highest BCUT2D eigenvalue weighted by Crippen LogP contribution is 2.32. The Labute approximate surface area is 144 Å². The topological polar surface area (TPSA) is 34.2 Å². The fraction of sp³-hybridized carbons (Fsp3) is 0.111. The average molecular weight is 348 g/mol. The largest absolute Gasteiger partial charge is 0.497 e. The Kier molecular flexibility index (Phi) is 4.51. The first-order valence-corrected chi connectivity index (χ1v) is 7.74. The molecule has 23 heavy (non-hydrogen) atoms. The molecule has 0 saturated carbocycles. The fourth-order valence-electron chi connectivity index (χ4n) is 2.36. The molecule has 2 aromatic carbocycles. The third kappa shape index (κ3) is 3.31. The number of ether oxygens (including phenoxy) is 2. The number of halogens is 2. The third-order valence-electron chi connectivity index (χ3n) is 3.57. The number of H-pyrrole nitrogens is 1. The van der Waals surface area contributed by atoms with Crippen LogP contribution in [0, 0.1) is 0 Å². The Morgan fingerprint density at radius 1 is 0.870 bits per heavy atom. The van der Waals surface area contributed by atoms with E-state index in [9.17, 15) is 0 Å². The van der Waals surface area contributed by atoms with Crippen LogP contribution >= 0.6 is 23.2 Å². The summed E-state index contributed by atoms with van der Waals surface area (Å²) < 4.78 is 10.4. The van der Waals surface area contributed by atoms with Crippen LogP contribution < -0.4 is 9.47 Å². The van der Waals surface area contributed by atoms with E-state index in [1.54, 1.807) is 26.4 Å². The Morgan fingerprint density at radius 3 is 2.22 bits per heavy atom. The highest BCUT2D eigenvalue weighted by molar-refractivity contribution is 6.37. The average Bonchev–Trinajstić information content (AvgIpc) is 2.95. The van der Waals surface area contributed by atoms with Crippen molar-refractivity contribution >= 4 is 46.3 Å². The van der Waals surface area contributed by atoms with E-state index in [2.05, 4.69) is 4.98 Å². The maximum atomic E-state index is 6.26. The van der Waals surface area contributed by atoms with Gasteiger partial charge in [0.05, 0.1) is 24.3 Å². The van der Waals surface area contributed by atoms with Crippen molar-refractivity contribution in [3.63, 3.8) is 0 Å². The standard InChI is InChI=1S/C18H15Cl2NO2/c1-22-13-4-6-18-11(8-13)7-12(21-18)3-5-15-16(19)9-14(23-2)10-17(15)20/h3-10,21H,1-2H3/b5-3+. The van der Waals surface area contributed by atoms with E-state index in [-0.39, 0.29) is 0 Å². The molecule has 1 aromatic heterocycles. The number of methoxy groups -OCH3 is 2. The smallest absolute Gasteiger partial charge is 0.121 e. The van der Waals surface area contributed by atoms with Crippen LogP contribution in [-0.4, -0.2) is 19.2 Å². The van der Waals surface area contributed by atoms with Crippen LogP contribution in [0.1, 0.15) is 11.3 Å². The summed E-state index contributed by atoms with van der Waals surface area (Å²) in [7, 11) is 3.23. The van der Waals surface area contributed by atoms with Gasteiger partial charge in [-0.3, -0.25) is 0 Å². The minimum atomic E-state index is 0.545. The van der Waals surface area contributed by atoms with E-state index >= 15 is 0 Å². The Bertz CT molecular complexity index is 861. The van der Waals surface area contributed by atoms with Crippen LogP contribution in [0.25, 0.3) is 23.1 Å². The van der Waals surface area contributed by atoms with Crippen molar-refractivity contribution in [1.82, 2.24) is 4.98 Å². The second-order valence-corrected chi connectivity index (χ2v) is 5.83. The molecule has 5 heteroatoms. The molecule has 0 aliphatic heterocycles. The number of fused-ring (bicyclic) bond motifs is 1. The van der Waals surface area contributed by atoms with Crippen molar-refractivity contribution in [2.75, 3.05) is 14.2 Å². The summed E-state index contributed by atoms with van der Waals surface area (Å²) in [6.45, 7) is 0. The molecule has 0 radical (unpaired) electrons. The summed E-state index contributed by atoms with van der Waals surface area (Å²) in [5, 5.41) is 2.17. The molecular formula is C18H15Cl2NO2. The molecule has 0 aliphatic carbocycles. The second-order valence-electron chi connectivity index (χ2n) is 5.02. The molecule has 1 heterocycles. The van der Waals surface area contributed by atoms with E-state index in [4.69, 9.17) is 32.7 Å². The van der Waals surface area contributed by atoms with Gasteiger partial charge < -0.3 is 14.5 Å². The van der Waals surface area contributed by atoms with Gasteiger partial charge in [-0.25, -0.2) is 0 Å². The monoisotopic (exact) mass is 347 g/mol. The van der Waals surface area contributed by atoms with E-state index in [0.717, 1.165) is 27.9 Å². The summed E-state index contributed by atoms with van der Waals surface area (Å²) in [5.41, 5.74) is 2.75. The molecule has 3 nitrogen and oxygen atoms in total. The lowest BCUT2D eigenvalue weighted by Crippen LogP contribution is -1.85. The molecule has 0 aliphatic rings. The van der Waals surface area contributed by atoms with Crippen LogP contribution in [0.3, 0.4) is 0 Å². The molecule has 1 N–H and O–H groups in total. The first-order valence-electron chi connectivity index (χ1n) is 6.98. The third-order valence-corrected chi connectivity index (χ3v) is 4.19. The van der Waals surface area contributed by atoms with Gasteiger partial charge in [0.15, 0.2) is 0 Å². The lowest BCUT2D eigenvalue weighted by Gasteiger charge is -2.05. The zero-order valence-electron chi connectivity index (χ0n) is 12.7. The van der Waals surface area contributed by atoms with Gasteiger partial charge in [-0.05, 0) is 48.6 Å². The summed E-state index contributed by atoms with van der Waals surface area (Å²) >= 11 is 12.5. The number of benzene rings is 2. The van der Waals surface area contributed by atoms with Gasteiger partial charge in [0.1, 0.15) is 11.5 Å². The van der Waals surface area contributed by atoms with Crippen LogP contribution in [0.5, 0.6) is 11.5 Å². The Morgan fingerprint density at radius 2 is 1.57 bits per heavy atom. The van der Waals surface area contributed by atoms with E-state index in [1.165, 1.54) is 0 Å². The maximum Gasteiger partial charge on any atom is 0.121 e. The number of aromatic nitrogens is 1. The van der Waals surface area contributed by atoms with E-state index in [0.29, 0.717) is 15.8 Å². The molecule has 3 aromatic rings. The zero-order valence-corrected chi connectivity index (χ0v) is 14.2. The van der Waals surface area contributed by atoms with Crippen LogP contribution in [0.15, 0.2) is 36.4 Å². The highest BCUT2D eigenvalue weighted by atomic mass is 35.5.